The van der Waals surface area contributed by atoms with Gasteiger partial charge in [-0.2, -0.15) is 0 Å². The fraction of sp³-hybridized carbons (Fsp3) is 0.333. The van der Waals surface area contributed by atoms with Gasteiger partial charge in [-0.25, -0.2) is 9.98 Å². The molecule has 2 N–H and O–H groups in total. The van der Waals surface area contributed by atoms with E-state index >= 15 is 0 Å². The zero-order chi connectivity index (χ0) is 16.7. The van der Waals surface area contributed by atoms with Crippen molar-refractivity contribution in [2.45, 2.75) is 33.7 Å². The fourth-order valence-corrected chi connectivity index (χ4v) is 3.42. The first-order valence-electron chi connectivity index (χ1n) is 7.17. The summed E-state index contributed by atoms with van der Waals surface area (Å²) in [4.78, 5) is 9.51. The Kier molecular flexibility index (Phi) is 3.77. The van der Waals surface area contributed by atoms with Gasteiger partial charge >= 0.3 is 5.88 Å². The lowest BCUT2D eigenvalue weighted by molar-refractivity contribution is -0.779. The maximum atomic E-state index is 12.4. The normalized spacial score (nSPS) is 12.5. The molecule has 120 valence electrons. The molecule has 0 saturated carbocycles. The number of aromatic nitrogens is 3. The second-order valence-electron chi connectivity index (χ2n) is 5.64. The van der Waals surface area contributed by atoms with Crippen molar-refractivity contribution in [2.24, 2.45) is 4.99 Å². The number of pyridine rings is 1. The van der Waals surface area contributed by atoms with Crippen LogP contribution >= 0.6 is 11.3 Å². The quantitative estimate of drug-likeness (QED) is 0.447. The number of nitrogens with zero attached hydrogens (tertiary/aromatic N) is 4. The SMILES string of the molecule is Cc1cc(C)c2c(N)c(/C([O-])=N/c3c[n+](C(C)C)no3)sc2n1. The molecule has 0 saturated heterocycles. The summed E-state index contributed by atoms with van der Waals surface area (Å²) in [5.74, 6) is -0.295. The molecule has 0 bridgehead atoms. The minimum atomic E-state index is -0.449. The third-order valence-electron chi connectivity index (χ3n) is 3.43. The molecule has 0 spiro atoms. The minimum absolute atomic E-state index is 0.127. The van der Waals surface area contributed by atoms with Gasteiger partial charge in [0.15, 0.2) is 6.04 Å². The smallest absolute Gasteiger partial charge is 0.320 e. The average molecular weight is 331 g/mol. The largest absolute Gasteiger partial charge is 0.857 e. The van der Waals surface area contributed by atoms with Crippen LogP contribution in [0.3, 0.4) is 0 Å². The predicted molar refractivity (Wildman–Crippen MR) is 86.8 cm³/mol. The van der Waals surface area contributed by atoms with E-state index in [1.54, 1.807) is 10.9 Å². The molecule has 8 heteroatoms. The summed E-state index contributed by atoms with van der Waals surface area (Å²) < 4.78 is 6.64. The highest BCUT2D eigenvalue weighted by Gasteiger charge is 2.16. The number of hydrogen-bond donors (Lipinski definition) is 1. The molecule has 23 heavy (non-hydrogen) atoms. The minimum Gasteiger partial charge on any atom is -0.857 e. The Labute approximate surface area is 137 Å². The summed E-state index contributed by atoms with van der Waals surface area (Å²) >= 11 is 1.24. The molecule has 0 radical (unpaired) electrons. The molecule has 0 atom stereocenters. The first-order chi connectivity index (χ1) is 10.9. The first-order valence-corrected chi connectivity index (χ1v) is 7.99. The van der Waals surface area contributed by atoms with E-state index in [4.69, 9.17) is 10.3 Å². The summed E-state index contributed by atoms with van der Waals surface area (Å²) in [5, 5.41) is 17.0. The van der Waals surface area contributed by atoms with Gasteiger partial charge in [0.1, 0.15) is 4.83 Å². The van der Waals surface area contributed by atoms with Crippen LogP contribution in [0.15, 0.2) is 21.8 Å². The van der Waals surface area contributed by atoms with Crippen LogP contribution in [-0.4, -0.2) is 16.2 Å². The zero-order valence-corrected chi connectivity index (χ0v) is 14.1. The van der Waals surface area contributed by atoms with Gasteiger partial charge in [-0.15, -0.1) is 11.3 Å². The number of anilines is 1. The van der Waals surface area contributed by atoms with E-state index in [9.17, 15) is 5.11 Å². The highest BCUT2D eigenvalue weighted by Crippen LogP contribution is 2.35. The van der Waals surface area contributed by atoms with Crippen LogP contribution < -0.4 is 15.5 Å². The van der Waals surface area contributed by atoms with Crippen LogP contribution in [0.25, 0.3) is 10.2 Å². The second kappa shape index (κ2) is 5.62. The molecule has 3 heterocycles. The summed E-state index contributed by atoms with van der Waals surface area (Å²) in [6, 6.07) is 2.07. The van der Waals surface area contributed by atoms with E-state index < -0.39 is 5.90 Å². The van der Waals surface area contributed by atoms with Crippen molar-refractivity contribution in [1.82, 2.24) is 10.3 Å². The Balaban J connectivity index is 2.06. The van der Waals surface area contributed by atoms with Crippen LogP contribution in [0.4, 0.5) is 11.6 Å². The summed E-state index contributed by atoms with van der Waals surface area (Å²) in [5.41, 5.74) is 8.44. The molecule has 0 aliphatic carbocycles. The number of thiophene rings is 1. The van der Waals surface area contributed by atoms with Crippen molar-refractivity contribution >= 4 is 39.0 Å². The molecule has 0 fully saturated rings. The van der Waals surface area contributed by atoms with Crippen molar-refractivity contribution in [3.8, 4) is 0 Å². The number of rotatable bonds is 3. The lowest BCUT2D eigenvalue weighted by atomic mass is 10.1. The summed E-state index contributed by atoms with van der Waals surface area (Å²) in [6.45, 7) is 7.77. The van der Waals surface area contributed by atoms with Crippen molar-refractivity contribution in [3.05, 3.63) is 28.4 Å². The molecule has 0 amide bonds. The molecule has 3 rings (SSSR count). The standard InChI is InChI=1S/C15H17N5O2S/c1-7(2)20-6-10(22-19-20)18-14(21)13-12(16)11-8(3)5-9(4)17-15(11)23-13/h5-7H,1-4H3,(H2-,16,18,19,21). The molecule has 3 aromatic rings. The van der Waals surface area contributed by atoms with E-state index in [0.717, 1.165) is 21.5 Å². The topological polar surface area (TPSA) is 104 Å². The van der Waals surface area contributed by atoms with E-state index in [0.29, 0.717) is 10.6 Å². The molecular formula is C15H17N5O2S. The highest BCUT2D eigenvalue weighted by molar-refractivity contribution is 7.21. The van der Waals surface area contributed by atoms with Gasteiger partial charge in [0.05, 0.1) is 10.6 Å². The lowest BCUT2D eigenvalue weighted by Crippen LogP contribution is -2.36. The van der Waals surface area contributed by atoms with Crippen LogP contribution in [-0.2, 0) is 0 Å². The molecular weight excluding hydrogens is 314 g/mol. The Morgan fingerprint density at radius 3 is 2.83 bits per heavy atom. The van der Waals surface area contributed by atoms with Crippen molar-refractivity contribution in [1.29, 1.82) is 0 Å². The Hall–Kier alpha value is -2.48. The number of nitrogen functional groups attached to an aromatic ring is 1. The zero-order valence-electron chi connectivity index (χ0n) is 13.3. The van der Waals surface area contributed by atoms with Gasteiger partial charge in [-0.05, 0) is 44.0 Å². The Bertz CT molecular complexity index is 910. The maximum absolute atomic E-state index is 12.4. The van der Waals surface area contributed by atoms with Gasteiger partial charge in [-0.1, -0.05) is 0 Å². The molecule has 7 nitrogen and oxygen atoms in total. The Morgan fingerprint density at radius 1 is 1.43 bits per heavy atom. The number of aryl methyl sites for hydroxylation is 2. The maximum Gasteiger partial charge on any atom is 0.320 e. The Morgan fingerprint density at radius 2 is 2.17 bits per heavy atom. The first kappa shape index (κ1) is 15.4. The van der Waals surface area contributed by atoms with Crippen LogP contribution in [0.1, 0.15) is 36.0 Å². The van der Waals surface area contributed by atoms with E-state index in [1.807, 2.05) is 33.8 Å². The number of nitrogens with two attached hydrogens (primary N) is 1. The molecule has 0 unspecified atom stereocenters. The van der Waals surface area contributed by atoms with Gasteiger partial charge < -0.3 is 10.8 Å². The van der Waals surface area contributed by atoms with Crippen LogP contribution in [0, 0.1) is 13.8 Å². The van der Waals surface area contributed by atoms with E-state index in [-0.39, 0.29) is 11.9 Å². The van der Waals surface area contributed by atoms with Crippen molar-refractivity contribution in [2.75, 3.05) is 5.73 Å². The molecule has 0 aromatic carbocycles. The van der Waals surface area contributed by atoms with E-state index in [1.165, 1.54) is 11.3 Å². The molecule has 3 aromatic heterocycles. The van der Waals surface area contributed by atoms with Crippen molar-refractivity contribution < 1.29 is 14.3 Å². The summed E-state index contributed by atoms with van der Waals surface area (Å²) in [7, 11) is 0. The van der Waals surface area contributed by atoms with Gasteiger partial charge in [-0.3, -0.25) is 4.52 Å². The summed E-state index contributed by atoms with van der Waals surface area (Å²) in [6.07, 6.45) is 1.58. The molecule has 0 aliphatic heterocycles. The van der Waals surface area contributed by atoms with Crippen LogP contribution in [0.5, 0.6) is 0 Å². The number of fused-ring (bicyclic) bond motifs is 1. The second-order valence-corrected chi connectivity index (χ2v) is 6.64. The highest BCUT2D eigenvalue weighted by atomic mass is 32.1. The third kappa shape index (κ3) is 2.77. The van der Waals surface area contributed by atoms with E-state index in [2.05, 4.69) is 15.2 Å². The van der Waals surface area contributed by atoms with Gasteiger partial charge in [0.2, 0.25) is 5.27 Å². The van der Waals surface area contributed by atoms with Gasteiger partial charge in [0, 0.05) is 17.0 Å². The third-order valence-corrected chi connectivity index (χ3v) is 4.52. The lowest BCUT2D eigenvalue weighted by Gasteiger charge is -2.07. The number of hydrogen-bond acceptors (Lipinski definition) is 7. The molecule has 0 aliphatic rings. The monoisotopic (exact) mass is 331 g/mol. The fourth-order valence-electron chi connectivity index (χ4n) is 2.32. The van der Waals surface area contributed by atoms with Gasteiger partial charge in [0.25, 0.3) is 6.20 Å². The predicted octanol–water partition coefficient (Wildman–Crippen LogP) is 1.79. The average Bonchev–Trinajstić information content (AvgIpc) is 3.03. The number of aliphatic imine (C=N–C) groups is 1. The van der Waals surface area contributed by atoms with Crippen molar-refractivity contribution in [3.63, 3.8) is 0 Å². The van der Waals surface area contributed by atoms with Crippen LogP contribution in [0.2, 0.25) is 0 Å².